The van der Waals surface area contributed by atoms with E-state index in [9.17, 15) is 5.26 Å². The van der Waals surface area contributed by atoms with Gasteiger partial charge in [0.15, 0.2) is 0 Å². The Morgan fingerprint density at radius 2 is 1.69 bits per heavy atom. The highest BCUT2D eigenvalue weighted by atomic mass is 35.5. The molecule has 130 valence electrons. The van der Waals surface area contributed by atoms with Crippen LogP contribution < -0.4 is 9.80 Å². The summed E-state index contributed by atoms with van der Waals surface area (Å²) in [5.41, 5.74) is 2.44. The first kappa shape index (κ1) is 16.4. The summed E-state index contributed by atoms with van der Waals surface area (Å²) in [6.07, 6.45) is 0. The minimum atomic E-state index is 0.575. The Kier molecular flexibility index (Phi) is 4.42. The van der Waals surface area contributed by atoms with Gasteiger partial charge in [0.05, 0.1) is 16.9 Å². The van der Waals surface area contributed by atoms with Gasteiger partial charge in [-0.15, -0.1) is 0 Å². The van der Waals surface area contributed by atoms with Crippen molar-refractivity contribution in [1.29, 1.82) is 5.26 Å². The van der Waals surface area contributed by atoms with Crippen molar-refractivity contribution >= 4 is 23.2 Å². The van der Waals surface area contributed by atoms with Gasteiger partial charge in [0.1, 0.15) is 6.07 Å². The summed E-state index contributed by atoms with van der Waals surface area (Å²) < 4.78 is 1.75. The number of halogens is 1. The second kappa shape index (κ2) is 7.02. The lowest BCUT2D eigenvalue weighted by molar-refractivity contribution is 0.631. The van der Waals surface area contributed by atoms with Gasteiger partial charge in [-0.2, -0.15) is 9.94 Å². The predicted octanol–water partition coefficient (Wildman–Crippen LogP) is 2.51. The molecule has 0 N–H and O–H groups in total. The van der Waals surface area contributed by atoms with Crippen LogP contribution >= 0.6 is 11.6 Å². The third-order valence-electron chi connectivity index (χ3n) is 4.44. The molecule has 26 heavy (non-hydrogen) atoms. The number of rotatable bonds is 3. The summed E-state index contributed by atoms with van der Waals surface area (Å²) in [7, 11) is 0. The third-order valence-corrected chi connectivity index (χ3v) is 4.67. The maximum atomic E-state index is 9.36. The molecule has 0 unspecified atom stereocenters. The molecule has 0 radical (unpaired) electrons. The number of anilines is 2. The summed E-state index contributed by atoms with van der Waals surface area (Å²) in [5, 5.41) is 22.1. The maximum Gasteiger partial charge on any atom is 0.250 e. The van der Waals surface area contributed by atoms with Gasteiger partial charge in [-0.1, -0.05) is 34.9 Å². The van der Waals surface area contributed by atoms with E-state index in [0.717, 1.165) is 43.5 Å². The molecular formula is C18H16ClN7. The minimum Gasteiger partial charge on any atom is -0.367 e. The highest BCUT2D eigenvalue weighted by Crippen LogP contribution is 2.26. The number of benzene rings is 2. The Balaban J connectivity index is 1.52. The van der Waals surface area contributed by atoms with Gasteiger partial charge < -0.3 is 9.80 Å². The van der Waals surface area contributed by atoms with E-state index >= 15 is 0 Å². The number of tetrazole rings is 1. The summed E-state index contributed by atoms with van der Waals surface area (Å²) >= 11 is 6.00. The van der Waals surface area contributed by atoms with E-state index in [-0.39, 0.29) is 0 Å². The van der Waals surface area contributed by atoms with E-state index in [4.69, 9.17) is 11.6 Å². The van der Waals surface area contributed by atoms with Crippen molar-refractivity contribution in [2.75, 3.05) is 36.0 Å². The zero-order valence-corrected chi connectivity index (χ0v) is 14.7. The van der Waals surface area contributed by atoms with Crippen molar-refractivity contribution in [1.82, 2.24) is 20.2 Å². The Hall–Kier alpha value is -3.11. The molecule has 0 aliphatic carbocycles. The van der Waals surface area contributed by atoms with Gasteiger partial charge in [-0.3, -0.25) is 0 Å². The standard InChI is InChI=1S/C18H16ClN7/c19-15-6-7-17(14(12-15)13-20)24-8-10-25(11-9-24)18-21-22-23-26(18)16-4-2-1-3-5-16/h1-7,12H,8-11H2. The van der Waals surface area contributed by atoms with E-state index in [2.05, 4.69) is 31.4 Å². The molecule has 2 aromatic carbocycles. The molecule has 0 atom stereocenters. The van der Waals surface area contributed by atoms with E-state index in [1.165, 1.54) is 0 Å². The number of hydrogen-bond donors (Lipinski definition) is 0. The van der Waals surface area contributed by atoms with Crippen LogP contribution in [0, 0.1) is 11.3 Å². The molecule has 1 saturated heterocycles. The van der Waals surface area contributed by atoms with E-state index in [1.807, 2.05) is 42.5 Å². The average molecular weight is 366 g/mol. The number of nitriles is 1. The molecule has 1 aromatic heterocycles. The molecule has 0 bridgehead atoms. The second-order valence-electron chi connectivity index (χ2n) is 5.97. The summed E-state index contributed by atoms with van der Waals surface area (Å²) in [6.45, 7) is 3.08. The third kappa shape index (κ3) is 3.07. The van der Waals surface area contributed by atoms with E-state index in [0.29, 0.717) is 10.6 Å². The molecular weight excluding hydrogens is 350 g/mol. The van der Waals surface area contributed by atoms with Gasteiger partial charge >= 0.3 is 0 Å². The summed E-state index contributed by atoms with van der Waals surface area (Å²) in [5.74, 6) is 0.729. The van der Waals surface area contributed by atoms with Crippen molar-refractivity contribution in [3.8, 4) is 11.8 Å². The minimum absolute atomic E-state index is 0.575. The van der Waals surface area contributed by atoms with E-state index in [1.54, 1.807) is 10.7 Å². The number of nitrogens with zero attached hydrogens (tertiary/aromatic N) is 7. The topological polar surface area (TPSA) is 73.9 Å². The lowest BCUT2D eigenvalue weighted by Gasteiger charge is -2.36. The SMILES string of the molecule is N#Cc1cc(Cl)ccc1N1CCN(c2nnnn2-c2ccccc2)CC1. The lowest BCUT2D eigenvalue weighted by Crippen LogP contribution is -2.47. The van der Waals surface area contributed by atoms with Crippen molar-refractivity contribution in [2.24, 2.45) is 0 Å². The molecule has 8 heteroatoms. The molecule has 1 aliphatic rings. The van der Waals surface area contributed by atoms with Gasteiger partial charge in [0, 0.05) is 31.2 Å². The van der Waals surface area contributed by atoms with Crippen molar-refractivity contribution in [3.63, 3.8) is 0 Å². The Labute approximate surface area is 156 Å². The van der Waals surface area contributed by atoms with Gasteiger partial charge in [-0.05, 0) is 40.8 Å². The van der Waals surface area contributed by atoms with Crippen LogP contribution in [0.1, 0.15) is 5.56 Å². The molecule has 4 rings (SSSR count). The zero-order valence-electron chi connectivity index (χ0n) is 14.0. The molecule has 2 heterocycles. The first-order chi connectivity index (χ1) is 12.8. The quantitative estimate of drug-likeness (QED) is 0.710. The fourth-order valence-electron chi connectivity index (χ4n) is 3.14. The summed E-state index contributed by atoms with van der Waals surface area (Å²) in [4.78, 5) is 4.35. The molecule has 7 nitrogen and oxygen atoms in total. The van der Waals surface area contributed by atoms with Crippen LogP contribution in [-0.4, -0.2) is 46.4 Å². The predicted molar refractivity (Wildman–Crippen MR) is 99.7 cm³/mol. The number of para-hydroxylation sites is 1. The molecule has 1 fully saturated rings. The average Bonchev–Trinajstić information content (AvgIpc) is 3.18. The van der Waals surface area contributed by atoms with E-state index < -0.39 is 0 Å². The number of hydrogen-bond acceptors (Lipinski definition) is 6. The van der Waals surface area contributed by atoms with Crippen LogP contribution in [0.3, 0.4) is 0 Å². The van der Waals surface area contributed by atoms with Crippen molar-refractivity contribution in [3.05, 3.63) is 59.1 Å². The van der Waals surface area contributed by atoms with Crippen LogP contribution in [0.15, 0.2) is 48.5 Å². The van der Waals surface area contributed by atoms with Crippen LogP contribution in [0.4, 0.5) is 11.6 Å². The molecule has 3 aromatic rings. The summed E-state index contributed by atoms with van der Waals surface area (Å²) in [6, 6.07) is 17.5. The molecule has 0 amide bonds. The highest BCUT2D eigenvalue weighted by Gasteiger charge is 2.23. The van der Waals surface area contributed by atoms with Crippen LogP contribution in [0.25, 0.3) is 5.69 Å². The highest BCUT2D eigenvalue weighted by molar-refractivity contribution is 6.30. The Morgan fingerprint density at radius 1 is 0.962 bits per heavy atom. The second-order valence-corrected chi connectivity index (χ2v) is 6.41. The Bertz CT molecular complexity index is 940. The van der Waals surface area contributed by atoms with Gasteiger partial charge in [-0.25, -0.2) is 0 Å². The van der Waals surface area contributed by atoms with Crippen LogP contribution in [-0.2, 0) is 0 Å². The zero-order chi connectivity index (χ0) is 17.9. The van der Waals surface area contributed by atoms with Gasteiger partial charge in [0.25, 0.3) is 0 Å². The van der Waals surface area contributed by atoms with Crippen LogP contribution in [0.2, 0.25) is 5.02 Å². The number of piperazine rings is 1. The van der Waals surface area contributed by atoms with Crippen molar-refractivity contribution < 1.29 is 0 Å². The lowest BCUT2D eigenvalue weighted by atomic mass is 10.1. The van der Waals surface area contributed by atoms with Crippen molar-refractivity contribution in [2.45, 2.75) is 0 Å². The first-order valence-electron chi connectivity index (χ1n) is 8.29. The molecule has 0 spiro atoms. The maximum absolute atomic E-state index is 9.36. The fraction of sp³-hybridized carbons (Fsp3) is 0.222. The monoisotopic (exact) mass is 365 g/mol. The smallest absolute Gasteiger partial charge is 0.250 e. The molecule has 0 saturated carbocycles. The molecule has 1 aliphatic heterocycles. The number of aromatic nitrogens is 4. The first-order valence-corrected chi connectivity index (χ1v) is 8.67. The fourth-order valence-corrected chi connectivity index (χ4v) is 3.31. The van der Waals surface area contributed by atoms with Gasteiger partial charge in [0.2, 0.25) is 5.95 Å². The Morgan fingerprint density at radius 3 is 2.42 bits per heavy atom. The van der Waals surface area contributed by atoms with Crippen LogP contribution in [0.5, 0.6) is 0 Å². The largest absolute Gasteiger partial charge is 0.367 e. The normalized spacial score (nSPS) is 14.3.